The van der Waals surface area contributed by atoms with Gasteiger partial charge in [-0.05, 0) is 32.1 Å². The fraction of sp³-hybridized carbons (Fsp3) is 0.812. The van der Waals surface area contributed by atoms with Crippen LogP contribution in [-0.2, 0) is 4.79 Å². The van der Waals surface area contributed by atoms with Gasteiger partial charge in [0.15, 0.2) is 0 Å². The smallest absolute Gasteiger partial charge is 0.303 e. The van der Waals surface area contributed by atoms with Crippen molar-refractivity contribution < 1.29 is 47.2 Å². The summed E-state index contributed by atoms with van der Waals surface area (Å²) in [5.41, 5.74) is 0. The third kappa shape index (κ3) is 20.9. The fourth-order valence-electron chi connectivity index (χ4n) is 1.99. The zero-order valence-corrected chi connectivity index (χ0v) is 14.1. The summed E-state index contributed by atoms with van der Waals surface area (Å²) in [5.74, 6) is -0.666. The molecule has 19 heavy (non-hydrogen) atoms. The molecule has 0 fully saturated rings. The first-order valence-electron chi connectivity index (χ1n) is 7.64. The molecule has 0 aromatic heterocycles. The van der Waals surface area contributed by atoms with Crippen molar-refractivity contribution >= 4 is 5.97 Å². The van der Waals surface area contributed by atoms with Gasteiger partial charge >= 0.3 is 5.97 Å². The van der Waals surface area contributed by atoms with Gasteiger partial charge in [-0.1, -0.05) is 57.6 Å². The molecule has 2 nitrogen and oxygen atoms in total. The molecule has 0 aromatic rings. The van der Waals surface area contributed by atoms with Crippen LogP contribution < -0.4 is 0 Å². The second kappa shape index (κ2) is 18.5. The summed E-state index contributed by atoms with van der Waals surface area (Å²) < 4.78 is 0. The van der Waals surface area contributed by atoms with Crippen LogP contribution in [0, 0.1) is 37.3 Å². The number of hydrogen-bond acceptors (Lipinski definition) is 1. The van der Waals surface area contributed by atoms with Crippen molar-refractivity contribution in [3.05, 3.63) is 12.2 Å². The molecule has 0 bridgehead atoms. The molecule has 0 atom stereocenters. The molecule has 0 amide bonds. The largest absolute Gasteiger partial charge is 0.481 e. The second-order valence-electron chi connectivity index (χ2n) is 5.02. The van der Waals surface area contributed by atoms with Crippen molar-refractivity contribution in [2.24, 2.45) is 0 Å². The van der Waals surface area contributed by atoms with Crippen molar-refractivity contribution in [1.82, 2.24) is 0 Å². The van der Waals surface area contributed by atoms with Crippen LogP contribution in [0.1, 0.15) is 84.0 Å². The molecule has 0 saturated heterocycles. The van der Waals surface area contributed by atoms with E-state index >= 15 is 0 Å². The number of allylic oxidation sites excluding steroid dienone is 2. The molecule has 0 aliphatic rings. The van der Waals surface area contributed by atoms with Gasteiger partial charge in [-0.25, -0.2) is 0 Å². The number of carboxylic acid groups (broad SMARTS) is 1. The van der Waals surface area contributed by atoms with Gasteiger partial charge in [0.05, 0.1) is 0 Å². The number of rotatable bonds is 13. The fourth-order valence-corrected chi connectivity index (χ4v) is 1.99. The van der Waals surface area contributed by atoms with Gasteiger partial charge in [0.25, 0.3) is 0 Å². The Morgan fingerprint density at radius 3 is 1.84 bits per heavy atom. The first kappa shape index (κ1) is 21.7. The molecule has 0 heterocycles. The number of carboxylic acids is 1. The third-order valence-corrected chi connectivity index (χ3v) is 3.15. The third-order valence-electron chi connectivity index (χ3n) is 3.15. The van der Waals surface area contributed by atoms with E-state index in [1.807, 2.05) is 0 Å². The van der Waals surface area contributed by atoms with Crippen LogP contribution in [0.2, 0.25) is 0 Å². The maximum Gasteiger partial charge on any atom is 0.303 e. The predicted octanol–water partition coefficient (Wildman–Crippen LogP) is 5.33. The normalized spacial score (nSPS) is 10.6. The molecule has 0 radical (unpaired) electrons. The Morgan fingerprint density at radius 1 is 0.842 bits per heavy atom. The minimum Gasteiger partial charge on any atom is -0.481 e. The molecule has 3 heteroatoms. The molecule has 118 valence electrons. The van der Waals surface area contributed by atoms with E-state index in [-0.39, 0.29) is 37.3 Å². The van der Waals surface area contributed by atoms with E-state index in [1.54, 1.807) is 0 Å². The summed E-state index contributed by atoms with van der Waals surface area (Å²) in [6.45, 7) is 2.24. The molecule has 1 N–H and O–H groups in total. The van der Waals surface area contributed by atoms with Crippen molar-refractivity contribution in [2.75, 3.05) is 0 Å². The van der Waals surface area contributed by atoms with Crippen LogP contribution in [0.3, 0.4) is 0 Å². The maximum absolute atomic E-state index is 10.3. The minimum atomic E-state index is -0.666. The topological polar surface area (TPSA) is 37.3 Å². The van der Waals surface area contributed by atoms with Crippen LogP contribution in [0.25, 0.3) is 0 Å². The van der Waals surface area contributed by atoms with Gasteiger partial charge in [0, 0.05) is 43.7 Å². The van der Waals surface area contributed by atoms with Gasteiger partial charge in [-0.2, -0.15) is 0 Å². The quantitative estimate of drug-likeness (QED) is 0.322. The SMILES string of the molecule is CCCCCC/C=C\CCCCCCCC(=O)O.[Er]. The van der Waals surface area contributed by atoms with Crippen molar-refractivity contribution in [3.8, 4) is 0 Å². The van der Waals surface area contributed by atoms with Crippen LogP contribution in [0.5, 0.6) is 0 Å². The molecule has 0 rings (SSSR count). The standard InChI is InChI=1S/C16H30O2.Er/c1-2-3-4-5-6-7-8-9-10-11-12-13-14-15-16(17)18;/h7-8H,2-6,9-15H2,1H3,(H,17,18);/b8-7-;. The van der Waals surface area contributed by atoms with Crippen LogP contribution >= 0.6 is 0 Å². The van der Waals surface area contributed by atoms with E-state index in [2.05, 4.69) is 19.1 Å². The minimum absolute atomic E-state index is 0. The zero-order valence-electron chi connectivity index (χ0n) is 12.3. The summed E-state index contributed by atoms with van der Waals surface area (Å²) in [4.78, 5) is 10.3. The predicted molar refractivity (Wildman–Crippen MR) is 77.9 cm³/mol. The summed E-state index contributed by atoms with van der Waals surface area (Å²) in [5, 5.41) is 8.48. The Labute approximate surface area is 148 Å². The molecule has 0 aliphatic heterocycles. The Bertz CT molecular complexity index is 215. The van der Waals surface area contributed by atoms with Gasteiger partial charge in [0.1, 0.15) is 0 Å². The van der Waals surface area contributed by atoms with Crippen LogP contribution in [-0.4, -0.2) is 11.1 Å². The molecule has 0 spiro atoms. The summed E-state index contributed by atoms with van der Waals surface area (Å²) in [7, 11) is 0. The van der Waals surface area contributed by atoms with Gasteiger partial charge < -0.3 is 5.11 Å². The first-order chi connectivity index (χ1) is 8.77. The average Bonchev–Trinajstić information content (AvgIpc) is 2.34. The maximum atomic E-state index is 10.3. The monoisotopic (exact) mass is 420 g/mol. The van der Waals surface area contributed by atoms with Crippen molar-refractivity contribution in [3.63, 3.8) is 0 Å². The first-order valence-corrected chi connectivity index (χ1v) is 7.64. The molecule has 0 aromatic carbocycles. The van der Waals surface area contributed by atoms with Crippen LogP contribution in [0.15, 0.2) is 12.2 Å². The number of unbranched alkanes of at least 4 members (excludes halogenated alkanes) is 9. The average molecular weight is 422 g/mol. The van der Waals surface area contributed by atoms with E-state index < -0.39 is 5.97 Å². The van der Waals surface area contributed by atoms with Crippen LogP contribution in [0.4, 0.5) is 0 Å². The summed E-state index contributed by atoms with van der Waals surface area (Å²) in [6.07, 6.45) is 18.3. The Morgan fingerprint density at radius 2 is 1.32 bits per heavy atom. The van der Waals surface area contributed by atoms with E-state index in [9.17, 15) is 4.79 Å². The Kier molecular flexibility index (Phi) is 21.1. The van der Waals surface area contributed by atoms with E-state index in [1.165, 1.54) is 57.8 Å². The van der Waals surface area contributed by atoms with Gasteiger partial charge in [-0.15, -0.1) is 0 Å². The summed E-state index contributed by atoms with van der Waals surface area (Å²) in [6, 6.07) is 0. The number of carbonyl (C=O) groups is 1. The van der Waals surface area contributed by atoms with Gasteiger partial charge in [0.2, 0.25) is 0 Å². The molecule has 0 unspecified atom stereocenters. The van der Waals surface area contributed by atoms with Gasteiger partial charge in [-0.3, -0.25) is 4.79 Å². The van der Waals surface area contributed by atoms with Crippen molar-refractivity contribution in [2.45, 2.75) is 84.0 Å². The molecular formula is C16H30ErO2. The van der Waals surface area contributed by atoms with Crippen molar-refractivity contribution in [1.29, 1.82) is 0 Å². The molecular weight excluding hydrogens is 391 g/mol. The zero-order chi connectivity index (χ0) is 13.5. The van der Waals surface area contributed by atoms with E-state index in [4.69, 9.17) is 5.11 Å². The van der Waals surface area contributed by atoms with E-state index in [0.29, 0.717) is 6.42 Å². The Hall–Kier alpha value is 0.457. The Balaban J connectivity index is 0. The molecule has 0 saturated carbocycles. The number of hydrogen-bond donors (Lipinski definition) is 1. The van der Waals surface area contributed by atoms with E-state index in [0.717, 1.165) is 12.8 Å². The number of aliphatic carboxylic acids is 1. The second-order valence-corrected chi connectivity index (χ2v) is 5.02. The molecule has 0 aliphatic carbocycles. The summed E-state index contributed by atoms with van der Waals surface area (Å²) >= 11 is 0.